The molecule has 0 radical (unpaired) electrons. The summed E-state index contributed by atoms with van der Waals surface area (Å²) in [4.78, 5) is 16.8. The zero-order valence-electron chi connectivity index (χ0n) is 10.4. The van der Waals surface area contributed by atoms with Gasteiger partial charge in [0.2, 0.25) is 5.84 Å². The molecule has 18 heavy (non-hydrogen) atoms. The maximum atomic E-state index is 11.1. The minimum Gasteiger partial charge on any atom is -0.381 e. The van der Waals surface area contributed by atoms with Crippen LogP contribution in [0.2, 0.25) is 0 Å². The van der Waals surface area contributed by atoms with Crippen molar-refractivity contribution in [3.05, 3.63) is 10.1 Å². The van der Waals surface area contributed by atoms with Crippen molar-refractivity contribution in [2.45, 2.75) is 16.7 Å². The number of nitrogens with zero attached hydrogens (tertiary/aromatic N) is 3. The molecule has 1 aliphatic rings. The van der Waals surface area contributed by atoms with Gasteiger partial charge in [0.25, 0.3) is 0 Å². The maximum absolute atomic E-state index is 11.1. The Morgan fingerprint density at radius 2 is 2.33 bits per heavy atom. The highest BCUT2D eigenvalue weighted by Crippen LogP contribution is 2.30. The van der Waals surface area contributed by atoms with Gasteiger partial charge in [0.1, 0.15) is 0 Å². The highest BCUT2D eigenvalue weighted by atomic mass is 79.9. The van der Waals surface area contributed by atoms with E-state index in [1.807, 2.05) is 6.92 Å². The molecule has 0 amide bonds. The summed E-state index contributed by atoms with van der Waals surface area (Å²) in [5.74, 6) is 0.731. The molecule has 1 heterocycles. The number of alkyl halides is 2. The van der Waals surface area contributed by atoms with Crippen molar-refractivity contribution in [2.75, 3.05) is 33.4 Å². The smallest absolute Gasteiger partial charge is 0.381 e. The maximum Gasteiger partial charge on any atom is 0.382 e. The molecule has 0 aromatic carbocycles. The highest BCUT2D eigenvalue weighted by molar-refractivity contribution is 9.25. The molecule has 1 fully saturated rings. The van der Waals surface area contributed by atoms with E-state index in [1.54, 1.807) is 11.9 Å². The minimum absolute atomic E-state index is 0.354. The summed E-state index contributed by atoms with van der Waals surface area (Å²) >= 11 is 6.16. The van der Waals surface area contributed by atoms with Crippen LogP contribution in [0.25, 0.3) is 0 Å². The zero-order chi connectivity index (χ0) is 13.8. The fraction of sp³-hybridized carbons (Fsp3) is 0.900. The van der Waals surface area contributed by atoms with Gasteiger partial charge in [-0.15, -0.1) is 0 Å². The average molecular weight is 387 g/mol. The van der Waals surface area contributed by atoms with Gasteiger partial charge in [0, 0.05) is 64.5 Å². The fourth-order valence-electron chi connectivity index (χ4n) is 1.62. The molecule has 0 aromatic heterocycles. The summed E-state index contributed by atoms with van der Waals surface area (Å²) in [7, 11) is 1.78. The molecule has 104 valence electrons. The van der Waals surface area contributed by atoms with Crippen LogP contribution in [0.3, 0.4) is 0 Å². The molecule has 1 unspecified atom stereocenters. The van der Waals surface area contributed by atoms with Crippen molar-refractivity contribution in [1.29, 1.82) is 0 Å². The fourth-order valence-corrected chi connectivity index (χ4v) is 2.48. The lowest BCUT2D eigenvalue weighted by Crippen LogP contribution is -2.44. The molecule has 8 heteroatoms. The summed E-state index contributed by atoms with van der Waals surface area (Å²) in [5.41, 5.74) is 0. The molecular formula is C10H17Br2N3O3. The molecule has 6 nitrogen and oxygen atoms in total. The van der Waals surface area contributed by atoms with Crippen molar-refractivity contribution in [2.24, 2.45) is 10.9 Å². The van der Waals surface area contributed by atoms with Gasteiger partial charge in [0.15, 0.2) is 0 Å². The first-order valence-electron chi connectivity index (χ1n) is 5.75. The molecule has 0 aliphatic carbocycles. The van der Waals surface area contributed by atoms with E-state index in [-0.39, 0.29) is 0 Å². The average Bonchev–Trinajstić information content (AvgIpc) is 2.81. The normalized spacial score (nSPS) is 21.1. The van der Waals surface area contributed by atoms with E-state index in [0.717, 1.165) is 13.0 Å². The van der Waals surface area contributed by atoms with Gasteiger partial charge in [-0.25, -0.2) is 0 Å². The van der Waals surface area contributed by atoms with Gasteiger partial charge in [-0.1, -0.05) is 0 Å². The molecule has 0 spiro atoms. The van der Waals surface area contributed by atoms with Crippen LogP contribution in [0.15, 0.2) is 4.99 Å². The van der Waals surface area contributed by atoms with Crippen molar-refractivity contribution in [1.82, 2.24) is 4.90 Å². The summed E-state index contributed by atoms with van der Waals surface area (Å²) in [6, 6.07) is 0. The first-order valence-corrected chi connectivity index (χ1v) is 7.34. The number of amidine groups is 1. The Labute approximate surface area is 123 Å². The van der Waals surface area contributed by atoms with Crippen molar-refractivity contribution >= 4 is 37.7 Å². The van der Waals surface area contributed by atoms with E-state index >= 15 is 0 Å². The lowest BCUT2D eigenvalue weighted by molar-refractivity contribution is -0.486. The second kappa shape index (κ2) is 6.81. The highest BCUT2D eigenvalue weighted by Gasteiger charge is 2.45. The third-order valence-corrected chi connectivity index (χ3v) is 4.15. The Kier molecular flexibility index (Phi) is 6.00. The van der Waals surface area contributed by atoms with Crippen LogP contribution in [-0.4, -0.2) is 52.4 Å². The molecule has 1 aliphatic heterocycles. The summed E-state index contributed by atoms with van der Waals surface area (Å²) in [5, 5.41) is 11.1. The second-order valence-electron chi connectivity index (χ2n) is 4.21. The number of hydrogen-bond acceptors (Lipinski definition) is 4. The number of halogens is 2. The Balaban J connectivity index is 2.83. The number of nitro groups is 1. The SMILES string of the molecule is CCN(C)C(=NCC1CCOC1)C(Br)(Br)[N+](=O)[O-]. The third-order valence-electron chi connectivity index (χ3n) is 2.86. The number of rotatable bonds is 5. The topological polar surface area (TPSA) is 68.0 Å². The third kappa shape index (κ3) is 3.89. The van der Waals surface area contributed by atoms with Crippen LogP contribution in [0, 0.1) is 16.0 Å². The monoisotopic (exact) mass is 385 g/mol. The lowest BCUT2D eigenvalue weighted by atomic mass is 10.1. The van der Waals surface area contributed by atoms with Crippen LogP contribution in [0.5, 0.6) is 0 Å². The van der Waals surface area contributed by atoms with Gasteiger partial charge in [0.05, 0.1) is 11.5 Å². The standard InChI is InChI=1S/C10H17Br2N3O3/c1-3-14(2)9(10(11,12)15(16)17)13-6-8-4-5-18-7-8/h8H,3-7H2,1-2H3. The van der Waals surface area contributed by atoms with Gasteiger partial charge in [-0.3, -0.25) is 15.1 Å². The summed E-state index contributed by atoms with van der Waals surface area (Å²) in [6.45, 7) is 4.55. The van der Waals surface area contributed by atoms with Crippen molar-refractivity contribution in [3.8, 4) is 0 Å². The first kappa shape index (κ1) is 15.8. The number of aliphatic imine (C=N–C) groups is 1. The molecule has 1 rings (SSSR count). The summed E-state index contributed by atoms with van der Waals surface area (Å²) in [6.07, 6.45) is 0.961. The molecule has 0 N–H and O–H groups in total. The molecule has 0 saturated carbocycles. The number of ether oxygens (including phenoxy) is 1. The Morgan fingerprint density at radius 1 is 1.67 bits per heavy atom. The predicted octanol–water partition coefficient (Wildman–Crippen LogP) is 2.09. The molecule has 0 bridgehead atoms. The van der Waals surface area contributed by atoms with E-state index in [0.29, 0.717) is 31.4 Å². The molecular weight excluding hydrogens is 370 g/mol. The van der Waals surface area contributed by atoms with Crippen molar-refractivity contribution in [3.63, 3.8) is 0 Å². The molecule has 1 atom stereocenters. The second-order valence-corrected chi connectivity index (χ2v) is 7.57. The predicted molar refractivity (Wildman–Crippen MR) is 77.1 cm³/mol. The molecule has 0 aromatic rings. The van der Waals surface area contributed by atoms with Crippen LogP contribution in [-0.2, 0) is 4.74 Å². The minimum atomic E-state index is -1.52. The Bertz CT molecular complexity index is 330. The summed E-state index contributed by atoms with van der Waals surface area (Å²) < 4.78 is 3.75. The van der Waals surface area contributed by atoms with E-state index in [4.69, 9.17) is 4.74 Å². The van der Waals surface area contributed by atoms with Gasteiger partial charge in [-0.05, 0) is 13.3 Å². The van der Waals surface area contributed by atoms with Crippen LogP contribution in [0.1, 0.15) is 13.3 Å². The quantitative estimate of drug-likeness (QED) is 0.181. The molecule has 1 saturated heterocycles. The van der Waals surface area contributed by atoms with E-state index < -0.39 is 8.28 Å². The van der Waals surface area contributed by atoms with Gasteiger partial charge >= 0.3 is 3.36 Å². The van der Waals surface area contributed by atoms with Crippen LogP contribution < -0.4 is 0 Å². The van der Waals surface area contributed by atoms with Crippen LogP contribution in [0.4, 0.5) is 0 Å². The number of likely N-dealkylation sites (N-methyl/N-ethyl adjacent to an activating group) is 1. The largest absolute Gasteiger partial charge is 0.382 e. The van der Waals surface area contributed by atoms with Crippen molar-refractivity contribution < 1.29 is 9.66 Å². The van der Waals surface area contributed by atoms with E-state index in [1.165, 1.54) is 0 Å². The van der Waals surface area contributed by atoms with E-state index in [2.05, 4.69) is 36.9 Å². The van der Waals surface area contributed by atoms with Gasteiger partial charge in [-0.2, -0.15) is 0 Å². The Morgan fingerprint density at radius 3 is 2.78 bits per heavy atom. The first-order chi connectivity index (χ1) is 8.39. The zero-order valence-corrected chi connectivity index (χ0v) is 13.6. The lowest BCUT2D eigenvalue weighted by Gasteiger charge is -2.24. The Hall–Kier alpha value is -0.210. The van der Waals surface area contributed by atoms with E-state index in [9.17, 15) is 10.1 Å². The number of hydrogen-bond donors (Lipinski definition) is 0. The van der Waals surface area contributed by atoms with Crippen LogP contribution >= 0.6 is 31.9 Å². The van der Waals surface area contributed by atoms with Gasteiger partial charge < -0.3 is 9.64 Å².